The number of nitrogens with zero attached hydrogens (tertiary/aromatic N) is 2. The summed E-state index contributed by atoms with van der Waals surface area (Å²) >= 11 is 0. The zero-order valence-corrected chi connectivity index (χ0v) is 36.2. The van der Waals surface area contributed by atoms with E-state index in [0.29, 0.717) is 33.4 Å². The van der Waals surface area contributed by atoms with Crippen LogP contribution in [-0.2, 0) is 0 Å². The van der Waals surface area contributed by atoms with Gasteiger partial charge >= 0.3 is 37.3 Å². The average Bonchev–Trinajstić information content (AvgIpc) is 3.36. The number of carbonyl (C=O) groups is 3. The maximum atomic E-state index is 11.8. The van der Waals surface area contributed by atoms with Crippen LogP contribution in [0.1, 0.15) is 47.8 Å². The van der Waals surface area contributed by atoms with Crippen molar-refractivity contribution in [2.75, 3.05) is 0 Å². The first-order valence-corrected chi connectivity index (χ1v) is 19.7. The summed E-state index contributed by atoms with van der Waals surface area (Å²) in [4.78, 5) is 43.6. The number of carbonyl (C=O) groups excluding carboxylic acids is 3. The van der Waals surface area contributed by atoms with E-state index >= 15 is 0 Å². The average molecular weight is 993 g/mol. The molecule has 0 aliphatic heterocycles. The molecule has 0 spiro atoms. The van der Waals surface area contributed by atoms with Gasteiger partial charge in [-0.25, -0.2) is 0 Å². The molecule has 0 bridgehead atoms. The van der Waals surface area contributed by atoms with E-state index < -0.39 is 0 Å². The van der Waals surface area contributed by atoms with Crippen molar-refractivity contribution in [3.63, 3.8) is 0 Å². The molecule has 0 aliphatic carbocycles. The minimum atomic E-state index is -0.264. The summed E-state index contributed by atoms with van der Waals surface area (Å²) in [6.07, 6.45) is 6.92. The first-order chi connectivity index (χ1) is 30.8. The monoisotopic (exact) mass is 991 g/mol. The molecule has 0 unspecified atom stereocenters. The van der Waals surface area contributed by atoms with Crippen LogP contribution in [0.3, 0.4) is 0 Å². The zero-order chi connectivity index (χ0) is 44.5. The minimum Gasteiger partial charge on any atom is -0.872 e. The largest absolute Gasteiger partial charge is 3.00 e. The second kappa shape index (κ2) is 27.4. The Labute approximate surface area is 402 Å². The number of pyridine rings is 2. The smallest absolute Gasteiger partial charge is 0.872 e. The van der Waals surface area contributed by atoms with Crippen LogP contribution in [0.5, 0.6) is 0 Å². The number of aromatic nitrogens is 2. The van der Waals surface area contributed by atoms with E-state index in [0.717, 1.165) is 29.6 Å². The molecule has 0 saturated carbocycles. The van der Waals surface area contributed by atoms with Gasteiger partial charge in [0, 0.05) is 29.1 Å². The van der Waals surface area contributed by atoms with E-state index in [1.54, 1.807) is 158 Å². The zero-order valence-electron chi connectivity index (χ0n) is 34.3. The van der Waals surface area contributed by atoms with E-state index in [1.165, 1.54) is 0 Å². The van der Waals surface area contributed by atoms with E-state index in [2.05, 4.69) is 9.97 Å². The summed E-state index contributed by atoms with van der Waals surface area (Å²) in [5.74, 6) is -1.59. The van der Waals surface area contributed by atoms with Crippen molar-refractivity contribution >= 4 is 34.6 Å². The van der Waals surface area contributed by atoms with Crippen molar-refractivity contribution in [1.82, 2.24) is 9.97 Å². The Hall–Kier alpha value is -7.50. The van der Waals surface area contributed by atoms with Gasteiger partial charge in [-0.05, 0) is 59.2 Å². The molecule has 8 aromatic rings. The molecule has 2 heterocycles. The SMILES string of the molecule is O=C(/C=C(\[O-])c1ccccc1)c1ccccc1.O=C(/C=C(\[O-])c1ccccc1)c1ccccc1.O=C(/C=C(\[O-])c1ccccc1)c1ccccc1.[Er+3].c1ccc(-c2ccccn2)nc1. The normalized spacial score (nSPS) is 10.7. The van der Waals surface area contributed by atoms with Crippen molar-refractivity contribution < 1.29 is 67.0 Å². The molecule has 1 radical (unpaired) electrons. The van der Waals surface area contributed by atoms with Crippen LogP contribution in [0.25, 0.3) is 28.7 Å². The molecule has 0 aliphatic rings. The fourth-order valence-electron chi connectivity index (χ4n) is 5.50. The van der Waals surface area contributed by atoms with Gasteiger partial charge < -0.3 is 15.3 Å². The van der Waals surface area contributed by atoms with Crippen molar-refractivity contribution in [3.8, 4) is 11.4 Å². The summed E-state index contributed by atoms with van der Waals surface area (Å²) in [5, 5.41) is 35.3. The van der Waals surface area contributed by atoms with Crippen LogP contribution < -0.4 is 15.3 Å². The molecule has 8 nitrogen and oxygen atoms in total. The second-order valence-corrected chi connectivity index (χ2v) is 13.2. The second-order valence-electron chi connectivity index (χ2n) is 13.2. The third kappa shape index (κ3) is 16.7. The predicted octanol–water partition coefficient (Wildman–Crippen LogP) is 8.96. The molecule has 6 aromatic carbocycles. The Bertz CT molecular complexity index is 2420. The summed E-state index contributed by atoms with van der Waals surface area (Å²) < 4.78 is 0. The molecule has 64 heavy (non-hydrogen) atoms. The van der Waals surface area contributed by atoms with Gasteiger partial charge in [0.25, 0.3) is 0 Å². The number of hydrogen-bond acceptors (Lipinski definition) is 8. The van der Waals surface area contributed by atoms with Crippen LogP contribution in [0.15, 0.2) is 249 Å². The fraction of sp³-hybridized carbons (Fsp3) is 0. The Morgan fingerprint density at radius 1 is 0.297 bits per heavy atom. The molecule has 0 fully saturated rings. The molecule has 8 rings (SSSR count). The molecule has 9 heteroatoms. The van der Waals surface area contributed by atoms with E-state index in [9.17, 15) is 29.7 Å². The first kappa shape index (κ1) is 49.2. The fourth-order valence-corrected chi connectivity index (χ4v) is 5.50. The quantitative estimate of drug-likeness (QED) is 0.0750. The van der Waals surface area contributed by atoms with Crippen LogP contribution in [-0.4, -0.2) is 27.3 Å². The van der Waals surface area contributed by atoms with Crippen molar-refractivity contribution in [3.05, 3.63) is 282 Å². The molecule has 319 valence electrons. The summed E-state index contributed by atoms with van der Waals surface area (Å²) in [6.45, 7) is 0. The van der Waals surface area contributed by atoms with Gasteiger partial charge in [-0.15, -0.1) is 0 Å². The number of allylic oxidation sites excluding steroid dienone is 3. The third-order valence-electron chi connectivity index (χ3n) is 8.73. The van der Waals surface area contributed by atoms with Crippen LogP contribution in [0.2, 0.25) is 0 Å². The van der Waals surface area contributed by atoms with E-state index in [-0.39, 0.29) is 71.9 Å². The third-order valence-corrected chi connectivity index (χ3v) is 8.73. The van der Waals surface area contributed by atoms with E-state index in [4.69, 9.17) is 0 Å². The van der Waals surface area contributed by atoms with Crippen molar-refractivity contribution in [2.45, 2.75) is 0 Å². The van der Waals surface area contributed by atoms with Gasteiger partial charge in [0.1, 0.15) is 0 Å². The molecule has 0 amide bonds. The van der Waals surface area contributed by atoms with Gasteiger partial charge in [0.2, 0.25) is 0 Å². The van der Waals surface area contributed by atoms with Crippen molar-refractivity contribution in [1.29, 1.82) is 0 Å². The molecular weight excluding hydrogens is 952 g/mol. The Morgan fingerprint density at radius 2 is 0.500 bits per heavy atom. The summed E-state index contributed by atoms with van der Waals surface area (Å²) in [6, 6.07) is 64.1. The minimum absolute atomic E-state index is 0. The molecule has 0 N–H and O–H groups in total. The number of hydrogen-bond donors (Lipinski definition) is 0. The topological polar surface area (TPSA) is 146 Å². The number of rotatable bonds is 10. The van der Waals surface area contributed by atoms with E-state index in [1.807, 2.05) is 72.8 Å². The van der Waals surface area contributed by atoms with Crippen molar-refractivity contribution in [2.24, 2.45) is 0 Å². The van der Waals surface area contributed by atoms with Gasteiger partial charge in [-0.3, -0.25) is 24.4 Å². The molecular formula is C55H41ErN2O6. The number of ketones is 3. The van der Waals surface area contributed by atoms with Crippen LogP contribution >= 0.6 is 0 Å². The Balaban J connectivity index is 0.000000187. The molecule has 0 atom stereocenters. The summed E-state index contributed by atoms with van der Waals surface area (Å²) in [7, 11) is 0. The molecule has 2 aromatic heterocycles. The van der Waals surface area contributed by atoms with Gasteiger partial charge in [-0.1, -0.05) is 211 Å². The predicted molar refractivity (Wildman–Crippen MR) is 243 cm³/mol. The maximum absolute atomic E-state index is 11.8. The van der Waals surface area contributed by atoms with Gasteiger partial charge in [0.05, 0.1) is 11.4 Å². The first-order valence-electron chi connectivity index (χ1n) is 19.7. The standard InChI is InChI=1S/3C15H12O2.C10H8N2.Er/c3*16-14(12-7-3-1-4-8-12)11-15(17)13-9-5-2-6-10-13;1-3-7-11-9(5-1)10-6-2-4-8-12-10;/h3*1-11,16H;1-8H;/q;;;;+3/p-3/b3*14-11-;;. The number of benzene rings is 6. The molecule has 0 saturated heterocycles. The Morgan fingerprint density at radius 3 is 0.703 bits per heavy atom. The Kier molecular flexibility index (Phi) is 21.1. The van der Waals surface area contributed by atoms with Gasteiger partial charge in [0.15, 0.2) is 17.3 Å². The van der Waals surface area contributed by atoms with Crippen LogP contribution in [0, 0.1) is 37.3 Å². The van der Waals surface area contributed by atoms with Crippen LogP contribution in [0.4, 0.5) is 0 Å². The van der Waals surface area contributed by atoms with Gasteiger partial charge in [-0.2, -0.15) is 0 Å². The summed E-state index contributed by atoms with van der Waals surface area (Å²) in [5.41, 5.74) is 4.98. The maximum Gasteiger partial charge on any atom is 3.00 e.